The molecule has 1 aliphatic heterocycles. The van der Waals surface area contributed by atoms with Crippen LogP contribution in [0.25, 0.3) is 11.4 Å². The molecule has 2 aromatic rings. The minimum atomic E-state index is 0.317. The van der Waals surface area contributed by atoms with E-state index >= 15 is 0 Å². The van der Waals surface area contributed by atoms with E-state index in [0.717, 1.165) is 43.2 Å². The molecule has 1 saturated heterocycles. The first-order valence-corrected chi connectivity index (χ1v) is 6.94. The third kappa shape index (κ3) is 2.57. The van der Waals surface area contributed by atoms with Crippen LogP contribution in [-0.4, -0.2) is 51.9 Å². The monoisotopic (exact) mass is 273 g/mol. The topological polar surface area (TPSA) is 66.9 Å². The van der Waals surface area contributed by atoms with Gasteiger partial charge in [-0.25, -0.2) is 0 Å². The lowest BCUT2D eigenvalue weighted by Gasteiger charge is -2.24. The van der Waals surface area contributed by atoms with Crippen LogP contribution in [0, 0.1) is 0 Å². The molecular formula is C14H19N5O. The number of aromatic amines is 1. The minimum Gasteiger partial charge on any atom is -0.383 e. The van der Waals surface area contributed by atoms with Gasteiger partial charge < -0.3 is 4.74 Å². The van der Waals surface area contributed by atoms with Crippen LogP contribution in [0.15, 0.2) is 24.7 Å². The molecule has 0 radical (unpaired) electrons. The molecule has 1 fully saturated rings. The summed E-state index contributed by atoms with van der Waals surface area (Å²) in [6.45, 7) is 2.77. The number of nitrogens with zero attached hydrogens (tertiary/aromatic N) is 4. The van der Waals surface area contributed by atoms with Gasteiger partial charge in [0.05, 0.1) is 24.0 Å². The van der Waals surface area contributed by atoms with Gasteiger partial charge in [-0.1, -0.05) is 0 Å². The summed E-state index contributed by atoms with van der Waals surface area (Å²) in [5.74, 6) is 0. The van der Waals surface area contributed by atoms with E-state index in [1.807, 2.05) is 6.07 Å². The van der Waals surface area contributed by atoms with Crippen LogP contribution in [0.3, 0.4) is 0 Å². The zero-order valence-corrected chi connectivity index (χ0v) is 11.6. The molecule has 1 atom stereocenters. The number of rotatable bonds is 5. The molecule has 0 bridgehead atoms. The second-order valence-corrected chi connectivity index (χ2v) is 4.95. The van der Waals surface area contributed by atoms with Crippen molar-refractivity contribution in [1.82, 2.24) is 25.1 Å². The number of aromatic nitrogens is 4. The number of ether oxygens (including phenoxy) is 1. The molecule has 0 spiro atoms. The molecule has 0 unspecified atom stereocenters. The van der Waals surface area contributed by atoms with E-state index in [2.05, 4.69) is 25.1 Å². The van der Waals surface area contributed by atoms with E-state index < -0.39 is 0 Å². The van der Waals surface area contributed by atoms with Crippen molar-refractivity contribution in [3.05, 3.63) is 30.4 Å². The Kier molecular flexibility index (Phi) is 4.03. The van der Waals surface area contributed by atoms with Crippen molar-refractivity contribution in [2.75, 3.05) is 26.8 Å². The van der Waals surface area contributed by atoms with Crippen LogP contribution < -0.4 is 0 Å². The molecule has 3 heterocycles. The number of hydrogen-bond donors (Lipinski definition) is 1. The van der Waals surface area contributed by atoms with Gasteiger partial charge in [0.25, 0.3) is 0 Å². The van der Waals surface area contributed by atoms with Crippen LogP contribution in [-0.2, 0) is 4.74 Å². The van der Waals surface area contributed by atoms with Crippen LogP contribution in [0.2, 0.25) is 0 Å². The normalized spacial score (nSPS) is 19.6. The first kappa shape index (κ1) is 13.2. The van der Waals surface area contributed by atoms with Gasteiger partial charge in [0.15, 0.2) is 0 Å². The molecule has 2 aromatic heterocycles. The molecule has 1 aliphatic rings. The summed E-state index contributed by atoms with van der Waals surface area (Å²) >= 11 is 0. The average Bonchev–Trinajstić information content (AvgIpc) is 3.16. The molecule has 6 heteroatoms. The summed E-state index contributed by atoms with van der Waals surface area (Å²) < 4.78 is 5.20. The first-order chi connectivity index (χ1) is 9.90. The van der Waals surface area contributed by atoms with E-state index in [1.54, 1.807) is 25.7 Å². The summed E-state index contributed by atoms with van der Waals surface area (Å²) in [5, 5.41) is 6.99. The van der Waals surface area contributed by atoms with E-state index in [1.165, 1.54) is 6.42 Å². The Labute approximate surface area is 118 Å². The van der Waals surface area contributed by atoms with Crippen LogP contribution in [0.1, 0.15) is 24.6 Å². The summed E-state index contributed by atoms with van der Waals surface area (Å²) in [4.78, 5) is 11.5. The van der Waals surface area contributed by atoms with Crippen molar-refractivity contribution in [3.8, 4) is 11.4 Å². The van der Waals surface area contributed by atoms with Gasteiger partial charge in [0.2, 0.25) is 0 Å². The summed E-state index contributed by atoms with van der Waals surface area (Å²) in [6.07, 6.45) is 7.54. The predicted octanol–water partition coefficient (Wildman–Crippen LogP) is 1.65. The molecule has 6 nitrogen and oxygen atoms in total. The Morgan fingerprint density at radius 1 is 1.35 bits per heavy atom. The molecular weight excluding hydrogens is 254 g/mol. The Balaban J connectivity index is 1.90. The average molecular weight is 273 g/mol. The minimum absolute atomic E-state index is 0.317. The first-order valence-electron chi connectivity index (χ1n) is 6.94. The van der Waals surface area contributed by atoms with Gasteiger partial charge in [-0.3, -0.25) is 20.0 Å². The van der Waals surface area contributed by atoms with Crippen LogP contribution in [0.4, 0.5) is 0 Å². The van der Waals surface area contributed by atoms with Crippen LogP contribution in [0.5, 0.6) is 0 Å². The van der Waals surface area contributed by atoms with Crippen molar-refractivity contribution in [2.24, 2.45) is 0 Å². The van der Waals surface area contributed by atoms with Gasteiger partial charge >= 0.3 is 0 Å². The maximum Gasteiger partial charge on any atom is 0.111 e. The highest BCUT2D eigenvalue weighted by Crippen LogP contribution is 2.34. The maximum atomic E-state index is 5.20. The molecule has 1 N–H and O–H groups in total. The number of methoxy groups -OCH3 is 1. The second-order valence-electron chi connectivity index (χ2n) is 4.95. The van der Waals surface area contributed by atoms with Crippen molar-refractivity contribution in [3.63, 3.8) is 0 Å². The van der Waals surface area contributed by atoms with Crippen molar-refractivity contribution >= 4 is 0 Å². The Morgan fingerprint density at radius 2 is 2.25 bits per heavy atom. The number of nitrogens with one attached hydrogen (secondary N) is 1. The van der Waals surface area contributed by atoms with E-state index in [4.69, 9.17) is 4.74 Å². The van der Waals surface area contributed by atoms with Crippen molar-refractivity contribution in [2.45, 2.75) is 18.9 Å². The lowest BCUT2D eigenvalue weighted by Crippen LogP contribution is -2.28. The maximum absolute atomic E-state index is 5.20. The third-order valence-corrected chi connectivity index (χ3v) is 3.74. The Morgan fingerprint density at radius 3 is 3.05 bits per heavy atom. The highest BCUT2D eigenvalue weighted by atomic mass is 16.5. The largest absolute Gasteiger partial charge is 0.383 e. The number of likely N-dealkylation sites (tertiary alicyclic amines) is 1. The highest BCUT2D eigenvalue weighted by molar-refractivity contribution is 5.56. The summed E-state index contributed by atoms with van der Waals surface area (Å²) in [6, 6.07) is 2.25. The SMILES string of the molecule is COCCN1CCC[C@@H]1c1nccnc1-c1ccn[nH]1. The van der Waals surface area contributed by atoms with Gasteiger partial charge in [-0.15, -0.1) is 0 Å². The van der Waals surface area contributed by atoms with E-state index in [-0.39, 0.29) is 0 Å². The third-order valence-electron chi connectivity index (χ3n) is 3.74. The van der Waals surface area contributed by atoms with E-state index in [9.17, 15) is 0 Å². The molecule has 0 saturated carbocycles. The zero-order chi connectivity index (χ0) is 13.8. The zero-order valence-electron chi connectivity index (χ0n) is 11.6. The van der Waals surface area contributed by atoms with E-state index in [0.29, 0.717) is 6.04 Å². The molecule has 106 valence electrons. The fraction of sp³-hybridized carbons (Fsp3) is 0.500. The predicted molar refractivity (Wildman–Crippen MR) is 75.0 cm³/mol. The Bertz CT molecular complexity index is 542. The van der Waals surface area contributed by atoms with Gasteiger partial charge in [0.1, 0.15) is 5.69 Å². The molecule has 0 aromatic carbocycles. The molecule has 0 amide bonds. The Hall–Kier alpha value is -1.79. The summed E-state index contributed by atoms with van der Waals surface area (Å²) in [7, 11) is 1.74. The second kappa shape index (κ2) is 6.11. The smallest absolute Gasteiger partial charge is 0.111 e. The fourth-order valence-corrected chi connectivity index (χ4v) is 2.80. The standard InChI is InChI=1S/C14H19N5O/c1-20-10-9-19-8-2-3-12(19)14-13(15-6-7-16-14)11-4-5-17-18-11/h4-7,12H,2-3,8-10H2,1H3,(H,17,18)/t12-/m1/s1. The van der Waals surface area contributed by atoms with Gasteiger partial charge in [-0.05, 0) is 25.5 Å². The molecule has 20 heavy (non-hydrogen) atoms. The lowest BCUT2D eigenvalue weighted by atomic mass is 10.1. The van der Waals surface area contributed by atoms with Gasteiger partial charge in [-0.2, -0.15) is 5.10 Å². The highest BCUT2D eigenvalue weighted by Gasteiger charge is 2.29. The number of hydrogen-bond acceptors (Lipinski definition) is 5. The van der Waals surface area contributed by atoms with Gasteiger partial charge in [0, 0.05) is 32.2 Å². The lowest BCUT2D eigenvalue weighted by molar-refractivity contribution is 0.140. The summed E-state index contributed by atoms with van der Waals surface area (Å²) in [5.41, 5.74) is 2.86. The van der Waals surface area contributed by atoms with Crippen molar-refractivity contribution in [1.29, 1.82) is 0 Å². The quantitative estimate of drug-likeness (QED) is 0.897. The fourth-order valence-electron chi connectivity index (χ4n) is 2.80. The number of H-pyrrole nitrogens is 1. The van der Waals surface area contributed by atoms with Crippen molar-refractivity contribution < 1.29 is 4.74 Å². The van der Waals surface area contributed by atoms with Crippen LogP contribution >= 0.6 is 0 Å². The molecule has 0 aliphatic carbocycles. The molecule has 3 rings (SSSR count).